The molecule has 1 unspecified atom stereocenters. The Labute approximate surface area is 231 Å². The number of carbonyl (C=O) groups is 3. The molecule has 2 aromatic rings. The monoisotopic (exact) mass is 604 g/mol. The SMILES string of the molecule is CN(C)CCn1nnnc1SCC1=C(C(=O)O)N2C(=O)C(NC(=O)/C(=N/OC(F)F)c3csc(N)n3)[C@H]2SC1. The van der Waals surface area contributed by atoms with Crippen LogP contribution in [-0.4, -0.2) is 114 Å². The number of carbonyl (C=O) groups excluding carboxylic acids is 2. The third-order valence-corrected chi connectivity index (χ3v) is 8.43. The van der Waals surface area contributed by atoms with Crippen molar-refractivity contribution >= 4 is 63.5 Å². The lowest BCUT2D eigenvalue weighted by Crippen LogP contribution is -2.71. The molecule has 2 amide bonds. The van der Waals surface area contributed by atoms with Crippen molar-refractivity contribution in [3.05, 3.63) is 22.3 Å². The number of anilines is 1. The van der Waals surface area contributed by atoms with Gasteiger partial charge in [-0.25, -0.2) is 14.5 Å². The van der Waals surface area contributed by atoms with E-state index in [9.17, 15) is 28.3 Å². The number of halogens is 2. The first-order valence-electron chi connectivity index (χ1n) is 11.0. The van der Waals surface area contributed by atoms with Gasteiger partial charge in [0.25, 0.3) is 11.8 Å². The van der Waals surface area contributed by atoms with Crippen molar-refractivity contribution in [1.29, 1.82) is 0 Å². The largest absolute Gasteiger partial charge is 0.477 e. The lowest BCUT2D eigenvalue weighted by atomic mass is 10.0. The Balaban J connectivity index is 1.47. The average molecular weight is 605 g/mol. The van der Waals surface area contributed by atoms with Gasteiger partial charge in [0.15, 0.2) is 10.8 Å². The van der Waals surface area contributed by atoms with Gasteiger partial charge in [0.05, 0.1) is 6.54 Å². The second kappa shape index (κ2) is 12.2. The minimum atomic E-state index is -3.30. The molecule has 39 heavy (non-hydrogen) atoms. The first-order chi connectivity index (χ1) is 18.6. The predicted octanol–water partition coefficient (Wildman–Crippen LogP) is -0.252. The van der Waals surface area contributed by atoms with E-state index in [2.05, 4.69) is 35.8 Å². The average Bonchev–Trinajstić information content (AvgIpc) is 3.52. The molecule has 0 bridgehead atoms. The van der Waals surface area contributed by atoms with Crippen LogP contribution in [0.25, 0.3) is 0 Å². The van der Waals surface area contributed by atoms with Crippen LogP contribution in [0.4, 0.5) is 13.9 Å². The van der Waals surface area contributed by atoms with Crippen molar-refractivity contribution < 1.29 is 33.1 Å². The molecule has 210 valence electrons. The van der Waals surface area contributed by atoms with Crippen LogP contribution < -0.4 is 11.1 Å². The molecule has 0 saturated carbocycles. The standard InChI is InChI=1S/C19H22F2N10O5S3/c1-29(2)3-4-30-19(25-27-28-30)39-6-8-5-37-15-11(14(33)31(15)12(8)16(34)35)24-13(32)10(26-36-17(20)21)9-7-38-18(22)23-9/h7,11,15,17H,3-6H2,1-2H3,(H2,22,23)(H,24,32)(H,34,35)/b26-10+/t11?,15-/m1/s1. The highest BCUT2D eigenvalue weighted by Crippen LogP contribution is 2.41. The summed E-state index contributed by atoms with van der Waals surface area (Å²) in [5.74, 6) is -2.51. The van der Waals surface area contributed by atoms with E-state index in [4.69, 9.17) is 5.73 Å². The summed E-state index contributed by atoms with van der Waals surface area (Å²) in [6.07, 6.45) is 0. The van der Waals surface area contributed by atoms with Crippen LogP contribution in [0.15, 0.2) is 27.0 Å². The van der Waals surface area contributed by atoms with Gasteiger partial charge in [-0.05, 0) is 30.1 Å². The molecule has 20 heteroatoms. The maximum atomic E-state index is 13.0. The van der Waals surface area contributed by atoms with E-state index in [1.165, 1.54) is 28.9 Å². The minimum absolute atomic E-state index is 0.0599. The van der Waals surface area contributed by atoms with Gasteiger partial charge < -0.3 is 25.9 Å². The number of β-lactam (4-membered cyclic amide) rings is 1. The maximum Gasteiger partial charge on any atom is 0.407 e. The molecular weight excluding hydrogens is 582 g/mol. The minimum Gasteiger partial charge on any atom is -0.477 e. The zero-order valence-electron chi connectivity index (χ0n) is 20.4. The van der Waals surface area contributed by atoms with Crippen molar-refractivity contribution in [2.75, 3.05) is 37.9 Å². The number of fused-ring (bicyclic) bond motifs is 1. The summed E-state index contributed by atoms with van der Waals surface area (Å²) in [5, 5.41) is 28.2. The normalized spacial score (nSPS) is 19.4. The first-order valence-corrected chi connectivity index (χ1v) is 14.0. The number of tetrazole rings is 1. The van der Waals surface area contributed by atoms with Crippen LogP contribution in [0, 0.1) is 0 Å². The van der Waals surface area contributed by atoms with Crippen LogP contribution in [0.5, 0.6) is 0 Å². The second-order valence-electron chi connectivity index (χ2n) is 8.27. The van der Waals surface area contributed by atoms with Gasteiger partial charge in [-0.15, -0.1) is 28.2 Å². The number of nitrogen functional groups attached to an aromatic ring is 1. The highest BCUT2D eigenvalue weighted by molar-refractivity contribution is 8.01. The molecule has 2 aliphatic heterocycles. The van der Waals surface area contributed by atoms with Crippen molar-refractivity contribution in [1.82, 2.24) is 40.3 Å². The number of oxime groups is 1. The van der Waals surface area contributed by atoms with Gasteiger partial charge >= 0.3 is 12.6 Å². The van der Waals surface area contributed by atoms with Crippen molar-refractivity contribution in [3.63, 3.8) is 0 Å². The van der Waals surface area contributed by atoms with Gasteiger partial charge in [-0.2, -0.15) is 8.78 Å². The molecule has 0 aromatic carbocycles. The summed E-state index contributed by atoms with van der Waals surface area (Å²) >= 11 is 3.44. The number of nitrogens with two attached hydrogens (primary N) is 1. The van der Waals surface area contributed by atoms with Crippen LogP contribution in [0.1, 0.15) is 5.69 Å². The number of amides is 2. The quantitative estimate of drug-likeness (QED) is 0.124. The highest BCUT2D eigenvalue weighted by Gasteiger charge is 2.54. The van der Waals surface area contributed by atoms with Gasteiger partial charge in [0.2, 0.25) is 5.16 Å². The number of alkyl halides is 2. The fraction of sp³-hybridized carbons (Fsp3) is 0.474. The number of nitrogens with one attached hydrogen (secondary N) is 1. The molecule has 2 atom stereocenters. The van der Waals surface area contributed by atoms with Gasteiger partial charge in [0.1, 0.15) is 22.8 Å². The third kappa shape index (κ3) is 6.45. The number of carboxylic acid groups (broad SMARTS) is 1. The number of aromatic nitrogens is 5. The fourth-order valence-electron chi connectivity index (χ4n) is 3.58. The van der Waals surface area contributed by atoms with Gasteiger partial charge in [-0.3, -0.25) is 14.5 Å². The molecule has 4 rings (SSSR count). The Hall–Kier alpha value is -3.36. The Morgan fingerprint density at radius 3 is 2.85 bits per heavy atom. The second-order valence-corrected chi connectivity index (χ2v) is 11.2. The molecule has 4 heterocycles. The first kappa shape index (κ1) is 28.6. The van der Waals surface area contributed by atoms with E-state index in [0.717, 1.165) is 16.2 Å². The molecule has 2 aliphatic rings. The van der Waals surface area contributed by atoms with E-state index in [1.807, 2.05) is 19.0 Å². The highest BCUT2D eigenvalue weighted by atomic mass is 32.2. The molecule has 4 N–H and O–H groups in total. The summed E-state index contributed by atoms with van der Waals surface area (Å²) < 4.78 is 26.7. The van der Waals surface area contributed by atoms with Gasteiger partial charge in [0, 0.05) is 23.4 Å². The van der Waals surface area contributed by atoms with Crippen LogP contribution >= 0.6 is 34.9 Å². The Bertz CT molecular complexity index is 1320. The molecule has 15 nitrogen and oxygen atoms in total. The number of thiazole rings is 1. The lowest BCUT2D eigenvalue weighted by molar-refractivity contribution is -0.150. The topological polar surface area (TPSA) is 194 Å². The van der Waals surface area contributed by atoms with E-state index in [0.29, 0.717) is 23.8 Å². The Morgan fingerprint density at radius 1 is 1.44 bits per heavy atom. The van der Waals surface area contributed by atoms with E-state index >= 15 is 0 Å². The lowest BCUT2D eigenvalue weighted by Gasteiger charge is -2.49. The molecule has 1 fully saturated rings. The fourth-order valence-corrected chi connectivity index (χ4v) is 6.52. The van der Waals surface area contributed by atoms with Gasteiger partial charge in [-0.1, -0.05) is 16.9 Å². The maximum absolute atomic E-state index is 13.0. The molecule has 1 saturated heterocycles. The molecule has 0 spiro atoms. The summed E-state index contributed by atoms with van der Waals surface area (Å²) in [7, 11) is 3.83. The Kier molecular flexibility index (Phi) is 8.97. The number of thioether (sulfide) groups is 2. The molecule has 2 aromatic heterocycles. The Morgan fingerprint density at radius 2 is 2.21 bits per heavy atom. The summed E-state index contributed by atoms with van der Waals surface area (Å²) in [6.45, 7) is -2.06. The van der Waals surface area contributed by atoms with Crippen LogP contribution in [0.2, 0.25) is 0 Å². The van der Waals surface area contributed by atoms with E-state index in [1.54, 1.807) is 4.68 Å². The number of hydrogen-bond donors (Lipinski definition) is 3. The number of hydrogen-bond acceptors (Lipinski definition) is 14. The number of aliphatic carboxylic acids is 1. The summed E-state index contributed by atoms with van der Waals surface area (Å²) in [4.78, 5) is 48.8. The zero-order valence-corrected chi connectivity index (χ0v) is 22.8. The number of carboxylic acids is 1. The third-order valence-electron chi connectivity index (χ3n) is 5.37. The van der Waals surface area contributed by atoms with Crippen molar-refractivity contribution in [3.8, 4) is 0 Å². The molecular formula is C19H22F2N10O5S3. The van der Waals surface area contributed by atoms with Crippen molar-refractivity contribution in [2.24, 2.45) is 5.16 Å². The van der Waals surface area contributed by atoms with Crippen LogP contribution in [0.3, 0.4) is 0 Å². The van der Waals surface area contributed by atoms with E-state index in [-0.39, 0.29) is 28.0 Å². The smallest absolute Gasteiger partial charge is 0.407 e. The van der Waals surface area contributed by atoms with Crippen LogP contribution in [-0.2, 0) is 25.8 Å². The van der Waals surface area contributed by atoms with E-state index < -0.39 is 41.5 Å². The number of likely N-dealkylation sites (N-methyl/N-ethyl adjacent to an activating group) is 1. The number of nitrogens with zero attached hydrogens (tertiary/aromatic N) is 8. The summed E-state index contributed by atoms with van der Waals surface area (Å²) in [6, 6.07) is -1.13. The molecule has 0 aliphatic carbocycles. The predicted molar refractivity (Wildman–Crippen MR) is 137 cm³/mol. The number of rotatable bonds is 12. The summed E-state index contributed by atoms with van der Waals surface area (Å²) in [5.41, 5.74) is 5.14. The van der Waals surface area contributed by atoms with Crippen molar-refractivity contribution in [2.45, 2.75) is 29.7 Å². The molecule has 0 radical (unpaired) electrons. The zero-order chi connectivity index (χ0) is 28.3.